The quantitative estimate of drug-likeness (QED) is 0.383. The van der Waals surface area contributed by atoms with E-state index in [0.29, 0.717) is 41.9 Å². The summed E-state index contributed by atoms with van der Waals surface area (Å²) in [5.74, 6) is 2.01. The normalized spacial score (nSPS) is 15.2. The van der Waals surface area contributed by atoms with E-state index < -0.39 is 0 Å². The van der Waals surface area contributed by atoms with Crippen LogP contribution in [-0.4, -0.2) is 28.5 Å². The van der Waals surface area contributed by atoms with Crippen molar-refractivity contribution in [3.05, 3.63) is 83.7 Å². The van der Waals surface area contributed by atoms with Crippen molar-refractivity contribution in [2.45, 2.75) is 33.1 Å². The van der Waals surface area contributed by atoms with Gasteiger partial charge < -0.3 is 19.5 Å². The van der Waals surface area contributed by atoms with E-state index in [-0.39, 0.29) is 17.7 Å². The molecule has 0 saturated carbocycles. The number of ether oxygens (including phenoxy) is 1. The van der Waals surface area contributed by atoms with Gasteiger partial charge in [0.1, 0.15) is 11.5 Å². The highest BCUT2D eigenvalue weighted by Gasteiger charge is 2.35. The molecule has 1 atom stereocenters. The molecule has 0 unspecified atom stereocenters. The Morgan fingerprint density at radius 1 is 1.00 bits per heavy atom. The molecule has 0 radical (unpaired) electrons. The molecule has 1 aliphatic heterocycles. The third-order valence-corrected chi connectivity index (χ3v) is 6.24. The number of carbonyl (C=O) groups is 2. The lowest BCUT2D eigenvalue weighted by Crippen LogP contribution is -2.24. The minimum absolute atomic E-state index is 0.0506. The largest absolute Gasteiger partial charge is 0.457 e. The number of aromatic nitrogens is 2. The van der Waals surface area contributed by atoms with Crippen LogP contribution in [0.2, 0.25) is 0 Å². The van der Waals surface area contributed by atoms with Gasteiger partial charge in [0.15, 0.2) is 0 Å². The van der Waals surface area contributed by atoms with Gasteiger partial charge in [0.2, 0.25) is 23.5 Å². The van der Waals surface area contributed by atoms with Gasteiger partial charge in [0.25, 0.3) is 0 Å². The molecule has 8 heteroatoms. The summed E-state index contributed by atoms with van der Waals surface area (Å²) in [5, 5.41) is 6.86. The van der Waals surface area contributed by atoms with Gasteiger partial charge in [-0.05, 0) is 85.6 Å². The van der Waals surface area contributed by atoms with E-state index in [1.54, 1.807) is 29.2 Å². The average Bonchev–Trinajstić information content (AvgIpc) is 3.49. The van der Waals surface area contributed by atoms with Crippen molar-refractivity contribution < 1.29 is 18.8 Å². The first kappa shape index (κ1) is 23.3. The van der Waals surface area contributed by atoms with E-state index in [1.807, 2.05) is 49.4 Å². The number of anilines is 2. The van der Waals surface area contributed by atoms with Crippen molar-refractivity contribution in [3.8, 4) is 22.9 Å². The Morgan fingerprint density at radius 2 is 1.69 bits per heavy atom. The van der Waals surface area contributed by atoms with E-state index in [9.17, 15) is 9.59 Å². The van der Waals surface area contributed by atoms with Crippen LogP contribution < -0.4 is 15.0 Å². The molecular formula is C28H26N4O4. The zero-order valence-electron chi connectivity index (χ0n) is 20.3. The smallest absolute Gasteiger partial charge is 0.232 e. The highest BCUT2D eigenvalue weighted by Crippen LogP contribution is 2.33. The maximum atomic E-state index is 12.7. The third kappa shape index (κ3) is 4.98. The first-order valence-electron chi connectivity index (χ1n) is 11.7. The summed E-state index contributed by atoms with van der Waals surface area (Å²) < 4.78 is 11.4. The van der Waals surface area contributed by atoms with Crippen molar-refractivity contribution in [1.82, 2.24) is 10.1 Å². The van der Waals surface area contributed by atoms with Crippen LogP contribution in [0.25, 0.3) is 11.4 Å². The van der Waals surface area contributed by atoms with E-state index in [0.717, 1.165) is 16.8 Å². The number of nitrogens with one attached hydrogen (secondary N) is 1. The zero-order valence-corrected chi connectivity index (χ0v) is 20.3. The second-order valence-electron chi connectivity index (χ2n) is 8.96. The predicted octanol–water partition coefficient (Wildman–Crippen LogP) is 5.62. The Kier molecular flexibility index (Phi) is 6.25. The van der Waals surface area contributed by atoms with Crippen LogP contribution in [0.3, 0.4) is 0 Å². The lowest BCUT2D eigenvalue weighted by molar-refractivity contribution is -0.117. The number of hydrogen-bond acceptors (Lipinski definition) is 6. The van der Waals surface area contributed by atoms with E-state index in [1.165, 1.54) is 12.5 Å². The van der Waals surface area contributed by atoms with Gasteiger partial charge in [0.05, 0.1) is 5.92 Å². The van der Waals surface area contributed by atoms with Gasteiger partial charge in [-0.15, -0.1) is 0 Å². The van der Waals surface area contributed by atoms with Crippen molar-refractivity contribution in [3.63, 3.8) is 0 Å². The molecule has 36 heavy (non-hydrogen) atoms. The standard InChI is InChI=1S/C28H26N4O4/c1-17-4-9-23(14-18(17)2)32-16-21(15-26(32)34)28-30-27(31-36-28)20-5-10-24(11-6-20)35-25-12-7-22(8-13-25)29-19(3)33/h4-14,21H,15-16H2,1-3H3,(H,29,33)/t21-/m1/s1. The lowest BCUT2D eigenvalue weighted by Gasteiger charge is -2.17. The topological polar surface area (TPSA) is 97.6 Å². The van der Waals surface area contributed by atoms with Gasteiger partial charge >= 0.3 is 0 Å². The summed E-state index contributed by atoms with van der Waals surface area (Å²) in [5.41, 5.74) is 4.73. The highest BCUT2D eigenvalue weighted by atomic mass is 16.5. The SMILES string of the molecule is CC(=O)Nc1ccc(Oc2ccc(-c3noc([C@@H]4CC(=O)N(c5ccc(C)c(C)c5)C4)n3)cc2)cc1. The molecule has 1 aliphatic rings. The van der Waals surface area contributed by atoms with Crippen LogP contribution in [0.15, 0.2) is 71.3 Å². The second-order valence-corrected chi connectivity index (χ2v) is 8.96. The number of benzene rings is 3. The Hall–Kier alpha value is -4.46. The fourth-order valence-corrected chi connectivity index (χ4v) is 4.15. The summed E-state index contributed by atoms with van der Waals surface area (Å²) in [6.07, 6.45) is 0.335. The molecule has 0 bridgehead atoms. The summed E-state index contributed by atoms with van der Waals surface area (Å²) in [6.45, 7) is 6.07. The van der Waals surface area contributed by atoms with Crippen LogP contribution in [-0.2, 0) is 9.59 Å². The van der Waals surface area contributed by atoms with Gasteiger partial charge in [-0.1, -0.05) is 11.2 Å². The van der Waals surface area contributed by atoms with Crippen molar-refractivity contribution in [2.24, 2.45) is 0 Å². The lowest BCUT2D eigenvalue weighted by atomic mass is 10.1. The van der Waals surface area contributed by atoms with Crippen LogP contribution in [0.1, 0.15) is 36.3 Å². The maximum Gasteiger partial charge on any atom is 0.232 e. The van der Waals surface area contributed by atoms with Crippen LogP contribution in [0.4, 0.5) is 11.4 Å². The minimum atomic E-state index is -0.150. The van der Waals surface area contributed by atoms with E-state index >= 15 is 0 Å². The first-order valence-corrected chi connectivity index (χ1v) is 11.7. The van der Waals surface area contributed by atoms with Crippen molar-refractivity contribution in [2.75, 3.05) is 16.8 Å². The second kappa shape index (κ2) is 9.65. The van der Waals surface area contributed by atoms with E-state index in [2.05, 4.69) is 22.4 Å². The van der Waals surface area contributed by atoms with Gasteiger partial charge in [-0.25, -0.2) is 0 Å². The molecular weight excluding hydrogens is 456 g/mol. The predicted molar refractivity (Wildman–Crippen MR) is 136 cm³/mol. The fraction of sp³-hybridized carbons (Fsp3) is 0.214. The molecule has 1 fully saturated rings. The molecule has 0 aliphatic carbocycles. The molecule has 5 rings (SSSR count). The van der Waals surface area contributed by atoms with Crippen LogP contribution in [0.5, 0.6) is 11.5 Å². The van der Waals surface area contributed by atoms with Gasteiger partial charge in [0, 0.05) is 36.8 Å². The van der Waals surface area contributed by atoms with Gasteiger partial charge in [-0.2, -0.15) is 4.98 Å². The molecule has 1 aromatic heterocycles. The molecule has 4 aromatic rings. The molecule has 182 valence electrons. The number of hydrogen-bond donors (Lipinski definition) is 1. The number of rotatable bonds is 6. The maximum absolute atomic E-state index is 12.7. The highest BCUT2D eigenvalue weighted by molar-refractivity contribution is 5.96. The Balaban J connectivity index is 1.24. The molecule has 1 N–H and O–H groups in total. The zero-order chi connectivity index (χ0) is 25.2. The van der Waals surface area contributed by atoms with E-state index in [4.69, 9.17) is 9.26 Å². The summed E-state index contributed by atoms with van der Waals surface area (Å²) in [7, 11) is 0. The molecule has 2 heterocycles. The Bertz CT molecular complexity index is 1410. The molecule has 3 aromatic carbocycles. The van der Waals surface area contributed by atoms with Gasteiger partial charge in [-0.3, -0.25) is 9.59 Å². The minimum Gasteiger partial charge on any atom is -0.457 e. The average molecular weight is 483 g/mol. The number of nitrogens with zero attached hydrogens (tertiary/aromatic N) is 3. The van der Waals surface area contributed by atoms with Crippen molar-refractivity contribution >= 4 is 23.2 Å². The summed E-state index contributed by atoms with van der Waals surface area (Å²) in [4.78, 5) is 30.2. The first-order chi connectivity index (χ1) is 17.4. The number of carbonyl (C=O) groups excluding carboxylic acids is 2. The molecule has 2 amide bonds. The molecule has 1 saturated heterocycles. The number of amides is 2. The van der Waals surface area contributed by atoms with Crippen LogP contribution >= 0.6 is 0 Å². The monoisotopic (exact) mass is 482 g/mol. The summed E-state index contributed by atoms with van der Waals surface area (Å²) in [6, 6.07) is 20.5. The number of aryl methyl sites for hydroxylation is 2. The Labute approximate surface area is 208 Å². The molecule has 8 nitrogen and oxygen atoms in total. The van der Waals surface area contributed by atoms with Crippen LogP contribution in [0, 0.1) is 13.8 Å². The molecule has 0 spiro atoms. The fourth-order valence-electron chi connectivity index (χ4n) is 4.15. The van der Waals surface area contributed by atoms with Crippen molar-refractivity contribution in [1.29, 1.82) is 0 Å². The third-order valence-electron chi connectivity index (χ3n) is 6.24. The summed E-state index contributed by atoms with van der Waals surface area (Å²) >= 11 is 0. The Morgan fingerprint density at radius 3 is 2.36 bits per heavy atom.